The van der Waals surface area contributed by atoms with Gasteiger partial charge in [-0.15, -0.1) is 29.8 Å². The van der Waals surface area contributed by atoms with Crippen molar-refractivity contribution in [1.82, 2.24) is 10.2 Å². The Labute approximate surface area is 126 Å². The van der Waals surface area contributed by atoms with Crippen molar-refractivity contribution in [2.24, 2.45) is 5.92 Å². The van der Waals surface area contributed by atoms with Gasteiger partial charge in [-0.05, 0) is 19.3 Å². The van der Waals surface area contributed by atoms with Crippen LogP contribution in [0.25, 0.3) is 0 Å². The summed E-state index contributed by atoms with van der Waals surface area (Å²) in [6, 6.07) is 0. The van der Waals surface area contributed by atoms with E-state index >= 15 is 0 Å². The number of hydrogen-bond acceptors (Lipinski definition) is 3. The summed E-state index contributed by atoms with van der Waals surface area (Å²) in [5, 5.41) is 3.71. The average molecular weight is 307 g/mol. The molecule has 5 heteroatoms. The van der Waals surface area contributed by atoms with Crippen LogP contribution in [0.5, 0.6) is 0 Å². The Morgan fingerprint density at radius 1 is 1.42 bits per heavy atom. The minimum Gasteiger partial charge on any atom is -0.373 e. The van der Waals surface area contributed by atoms with E-state index in [1.807, 2.05) is 6.08 Å². The highest BCUT2D eigenvalue weighted by Crippen LogP contribution is 2.35. The summed E-state index contributed by atoms with van der Waals surface area (Å²) in [7, 11) is 0. The molecular formula is C14H24Cl2N2O. The van der Waals surface area contributed by atoms with Crippen molar-refractivity contribution in [3.8, 4) is 0 Å². The Morgan fingerprint density at radius 3 is 2.89 bits per heavy atom. The number of ether oxygens (including phenoxy) is 1. The lowest BCUT2D eigenvalue weighted by molar-refractivity contribution is -0.00227. The maximum Gasteiger partial charge on any atom is 0.0748 e. The Balaban J connectivity index is 1.92. The van der Waals surface area contributed by atoms with Gasteiger partial charge in [0.25, 0.3) is 0 Å². The Hall–Kier alpha value is 0.200. The van der Waals surface area contributed by atoms with Gasteiger partial charge in [0.1, 0.15) is 0 Å². The third-order valence-corrected chi connectivity index (χ3v) is 4.94. The minimum absolute atomic E-state index is 0.127. The zero-order valence-corrected chi connectivity index (χ0v) is 12.9. The van der Waals surface area contributed by atoms with Crippen LogP contribution in [-0.4, -0.2) is 54.7 Å². The van der Waals surface area contributed by atoms with E-state index < -0.39 is 0 Å². The Bertz CT molecular complexity index is 285. The minimum atomic E-state index is 0.127. The fourth-order valence-corrected chi connectivity index (χ4v) is 3.89. The molecule has 0 amide bonds. The smallest absolute Gasteiger partial charge is 0.0748 e. The van der Waals surface area contributed by atoms with Crippen molar-refractivity contribution in [3.63, 3.8) is 0 Å². The van der Waals surface area contributed by atoms with Crippen LogP contribution in [0.3, 0.4) is 0 Å². The summed E-state index contributed by atoms with van der Waals surface area (Å²) >= 11 is 12.7. The summed E-state index contributed by atoms with van der Waals surface area (Å²) in [6.45, 7) is 8.38. The lowest BCUT2D eigenvalue weighted by atomic mass is 9.84. The molecule has 19 heavy (non-hydrogen) atoms. The molecule has 1 heterocycles. The maximum atomic E-state index is 6.51. The summed E-state index contributed by atoms with van der Waals surface area (Å²) in [6.07, 6.45) is 4.99. The largest absolute Gasteiger partial charge is 0.373 e. The van der Waals surface area contributed by atoms with Gasteiger partial charge in [-0.25, -0.2) is 0 Å². The number of hydrogen-bond donors (Lipinski definition) is 1. The molecule has 0 radical (unpaired) electrons. The van der Waals surface area contributed by atoms with E-state index in [-0.39, 0.29) is 16.9 Å². The Morgan fingerprint density at radius 2 is 2.26 bits per heavy atom. The highest BCUT2D eigenvalue weighted by molar-refractivity contribution is 6.24. The molecule has 3 unspecified atom stereocenters. The van der Waals surface area contributed by atoms with E-state index in [9.17, 15) is 0 Å². The van der Waals surface area contributed by atoms with Crippen molar-refractivity contribution < 1.29 is 4.74 Å². The molecule has 0 aromatic heterocycles. The number of halogens is 2. The lowest BCUT2D eigenvalue weighted by Crippen LogP contribution is -2.43. The quantitative estimate of drug-likeness (QED) is 0.602. The van der Waals surface area contributed by atoms with Crippen LogP contribution >= 0.6 is 23.2 Å². The Kier molecular flexibility index (Phi) is 6.43. The standard InChI is InChI=1S/C14H24Cl2N2O/c1-2-7-19-14(9-18-6-5-17-10-18)12-4-3-11(15)8-13(12)16/h2,11-14,17H,1,3-10H2/t11?,12?,13?,14-/m0/s1. The molecule has 1 aliphatic carbocycles. The second-order valence-electron chi connectivity index (χ2n) is 5.49. The summed E-state index contributed by atoms with van der Waals surface area (Å²) in [4.78, 5) is 2.39. The zero-order valence-electron chi connectivity index (χ0n) is 11.4. The first-order valence-electron chi connectivity index (χ1n) is 7.14. The first kappa shape index (κ1) is 15.6. The van der Waals surface area contributed by atoms with Gasteiger partial charge >= 0.3 is 0 Å². The molecule has 1 N–H and O–H groups in total. The van der Waals surface area contributed by atoms with E-state index in [1.54, 1.807) is 0 Å². The second kappa shape index (κ2) is 7.84. The third-order valence-electron chi connectivity index (χ3n) is 4.04. The molecule has 1 aliphatic heterocycles. The average Bonchev–Trinajstić information content (AvgIpc) is 2.88. The normalized spacial score (nSPS) is 34.3. The molecule has 1 saturated heterocycles. The molecule has 0 bridgehead atoms. The SMILES string of the molecule is C=CCO[C@@H](CN1CCNC1)C1CCC(Cl)CC1Cl. The fraction of sp³-hybridized carbons (Fsp3) is 0.857. The van der Waals surface area contributed by atoms with Gasteiger partial charge in [-0.1, -0.05) is 6.08 Å². The maximum absolute atomic E-state index is 6.51. The van der Waals surface area contributed by atoms with Crippen molar-refractivity contribution in [3.05, 3.63) is 12.7 Å². The van der Waals surface area contributed by atoms with Gasteiger partial charge < -0.3 is 10.1 Å². The van der Waals surface area contributed by atoms with E-state index in [0.29, 0.717) is 12.5 Å². The number of alkyl halides is 2. The zero-order chi connectivity index (χ0) is 13.7. The van der Waals surface area contributed by atoms with Crippen LogP contribution in [0.1, 0.15) is 19.3 Å². The van der Waals surface area contributed by atoms with E-state index in [4.69, 9.17) is 27.9 Å². The highest BCUT2D eigenvalue weighted by atomic mass is 35.5. The predicted octanol–water partition coefficient (Wildman–Crippen LogP) is 2.44. The summed E-state index contributed by atoms with van der Waals surface area (Å²) in [5.74, 6) is 0.400. The molecule has 3 nitrogen and oxygen atoms in total. The molecule has 4 atom stereocenters. The number of nitrogens with zero attached hydrogens (tertiary/aromatic N) is 1. The lowest BCUT2D eigenvalue weighted by Gasteiger charge is -2.37. The number of nitrogens with one attached hydrogen (secondary N) is 1. The fourth-order valence-electron chi connectivity index (χ4n) is 2.98. The van der Waals surface area contributed by atoms with Crippen LogP contribution in [0, 0.1) is 5.92 Å². The van der Waals surface area contributed by atoms with Crippen LogP contribution in [0.4, 0.5) is 0 Å². The van der Waals surface area contributed by atoms with E-state index in [2.05, 4.69) is 16.8 Å². The van der Waals surface area contributed by atoms with E-state index in [0.717, 1.165) is 45.6 Å². The third kappa shape index (κ3) is 4.61. The number of rotatable bonds is 6. The second-order valence-corrected chi connectivity index (χ2v) is 6.66. The van der Waals surface area contributed by atoms with Crippen molar-refractivity contribution in [2.45, 2.75) is 36.1 Å². The van der Waals surface area contributed by atoms with Crippen LogP contribution in [0.15, 0.2) is 12.7 Å². The van der Waals surface area contributed by atoms with Crippen molar-refractivity contribution >= 4 is 23.2 Å². The highest BCUT2D eigenvalue weighted by Gasteiger charge is 2.35. The molecule has 2 aliphatic rings. The summed E-state index contributed by atoms with van der Waals surface area (Å²) < 4.78 is 5.98. The monoisotopic (exact) mass is 306 g/mol. The van der Waals surface area contributed by atoms with Gasteiger partial charge in [0, 0.05) is 43.0 Å². The van der Waals surface area contributed by atoms with Gasteiger partial charge in [0.2, 0.25) is 0 Å². The molecule has 110 valence electrons. The van der Waals surface area contributed by atoms with Gasteiger partial charge in [0.15, 0.2) is 0 Å². The van der Waals surface area contributed by atoms with E-state index in [1.165, 1.54) is 0 Å². The van der Waals surface area contributed by atoms with Crippen LogP contribution < -0.4 is 5.32 Å². The van der Waals surface area contributed by atoms with Crippen LogP contribution in [0.2, 0.25) is 0 Å². The van der Waals surface area contributed by atoms with Gasteiger partial charge in [0.05, 0.1) is 12.7 Å². The molecule has 0 spiro atoms. The first-order valence-corrected chi connectivity index (χ1v) is 8.01. The van der Waals surface area contributed by atoms with Crippen LogP contribution in [-0.2, 0) is 4.74 Å². The molecule has 2 fully saturated rings. The topological polar surface area (TPSA) is 24.5 Å². The molecular weight excluding hydrogens is 283 g/mol. The first-order chi connectivity index (χ1) is 9.20. The molecule has 0 aromatic rings. The summed E-state index contributed by atoms with van der Waals surface area (Å²) in [5.41, 5.74) is 0. The van der Waals surface area contributed by atoms with Gasteiger partial charge in [-0.2, -0.15) is 0 Å². The van der Waals surface area contributed by atoms with Gasteiger partial charge in [-0.3, -0.25) is 4.90 Å². The predicted molar refractivity (Wildman–Crippen MR) is 81.0 cm³/mol. The van der Waals surface area contributed by atoms with Crippen molar-refractivity contribution in [1.29, 1.82) is 0 Å². The molecule has 1 saturated carbocycles. The van der Waals surface area contributed by atoms with Crippen molar-refractivity contribution in [2.75, 3.05) is 32.9 Å². The molecule has 2 rings (SSSR count). The molecule has 0 aromatic carbocycles.